The molecule has 2 fully saturated rings. The van der Waals surface area contributed by atoms with Crippen LogP contribution < -0.4 is 5.32 Å². The lowest BCUT2D eigenvalue weighted by molar-refractivity contribution is 0.151. The highest BCUT2D eigenvalue weighted by atomic mass is 127. The van der Waals surface area contributed by atoms with E-state index in [-0.39, 0.29) is 24.0 Å². The van der Waals surface area contributed by atoms with Crippen molar-refractivity contribution in [3.63, 3.8) is 0 Å². The summed E-state index contributed by atoms with van der Waals surface area (Å²) >= 11 is 0. The minimum absolute atomic E-state index is 0. The number of rotatable bonds is 3. The van der Waals surface area contributed by atoms with Gasteiger partial charge in [-0.25, -0.2) is 0 Å². The van der Waals surface area contributed by atoms with Gasteiger partial charge in [0.05, 0.1) is 0 Å². The third kappa shape index (κ3) is 3.94. The van der Waals surface area contributed by atoms with Gasteiger partial charge in [0.15, 0.2) is 5.96 Å². The number of aryl methyl sites for hydroxylation is 1. The van der Waals surface area contributed by atoms with Gasteiger partial charge in [-0.05, 0) is 43.6 Å². The smallest absolute Gasteiger partial charge is 0.193 e. The number of benzene rings is 1. The number of guanidine groups is 1. The van der Waals surface area contributed by atoms with Gasteiger partial charge >= 0.3 is 0 Å². The Hall–Kier alpha value is -0.780. The molecular weight excluding hydrogens is 385 g/mol. The van der Waals surface area contributed by atoms with Crippen molar-refractivity contribution >= 4 is 29.9 Å². The highest BCUT2D eigenvalue weighted by molar-refractivity contribution is 14.0. The molecule has 3 rings (SSSR count). The van der Waals surface area contributed by atoms with Gasteiger partial charge in [-0.15, -0.1) is 24.0 Å². The SMILES string of the molecule is CN=C(NCCc1cccc(C)c1)N1CCC2(CCC2)C1.I. The van der Waals surface area contributed by atoms with Crippen molar-refractivity contribution < 1.29 is 0 Å². The van der Waals surface area contributed by atoms with Crippen LogP contribution in [0.1, 0.15) is 36.8 Å². The van der Waals surface area contributed by atoms with Crippen molar-refractivity contribution in [2.24, 2.45) is 10.4 Å². The van der Waals surface area contributed by atoms with E-state index in [2.05, 4.69) is 46.4 Å². The third-order valence-corrected chi connectivity index (χ3v) is 5.14. The van der Waals surface area contributed by atoms with Gasteiger partial charge < -0.3 is 10.2 Å². The molecule has 0 amide bonds. The zero-order valence-corrected chi connectivity index (χ0v) is 16.1. The van der Waals surface area contributed by atoms with Gasteiger partial charge in [0.25, 0.3) is 0 Å². The fourth-order valence-electron chi connectivity index (χ4n) is 3.72. The summed E-state index contributed by atoms with van der Waals surface area (Å²) in [6.07, 6.45) is 6.67. The second kappa shape index (κ2) is 7.66. The van der Waals surface area contributed by atoms with Crippen molar-refractivity contribution in [1.82, 2.24) is 10.2 Å². The Kier molecular flexibility index (Phi) is 6.12. The molecule has 0 aromatic heterocycles. The quantitative estimate of drug-likeness (QED) is 0.466. The monoisotopic (exact) mass is 413 g/mol. The molecule has 22 heavy (non-hydrogen) atoms. The molecule has 1 aromatic rings. The van der Waals surface area contributed by atoms with Gasteiger partial charge in [0.1, 0.15) is 0 Å². The van der Waals surface area contributed by atoms with E-state index < -0.39 is 0 Å². The van der Waals surface area contributed by atoms with Crippen LogP contribution in [0.3, 0.4) is 0 Å². The van der Waals surface area contributed by atoms with Gasteiger partial charge in [-0.3, -0.25) is 4.99 Å². The number of halogens is 1. The van der Waals surface area contributed by atoms with Crippen LogP contribution in [0.2, 0.25) is 0 Å². The number of aliphatic imine (C=N–C) groups is 1. The van der Waals surface area contributed by atoms with Crippen LogP contribution >= 0.6 is 24.0 Å². The topological polar surface area (TPSA) is 27.6 Å². The summed E-state index contributed by atoms with van der Waals surface area (Å²) in [5.41, 5.74) is 3.37. The highest BCUT2D eigenvalue weighted by Crippen LogP contribution is 2.47. The Morgan fingerprint density at radius 1 is 1.32 bits per heavy atom. The summed E-state index contributed by atoms with van der Waals surface area (Å²) in [6, 6.07) is 8.76. The Morgan fingerprint density at radius 2 is 2.14 bits per heavy atom. The summed E-state index contributed by atoms with van der Waals surface area (Å²) in [4.78, 5) is 6.93. The van der Waals surface area contributed by atoms with Crippen molar-refractivity contribution in [1.29, 1.82) is 0 Å². The van der Waals surface area contributed by atoms with Crippen LogP contribution in [-0.4, -0.2) is 37.5 Å². The first-order valence-electron chi connectivity index (χ1n) is 8.22. The first kappa shape index (κ1) is 17.6. The predicted octanol–water partition coefficient (Wildman–Crippen LogP) is 3.61. The largest absolute Gasteiger partial charge is 0.356 e. The molecule has 1 aliphatic carbocycles. The second-order valence-corrected chi connectivity index (χ2v) is 6.74. The molecule has 2 aliphatic rings. The summed E-state index contributed by atoms with van der Waals surface area (Å²) in [7, 11) is 1.90. The van der Waals surface area contributed by atoms with E-state index in [0.717, 1.165) is 18.9 Å². The van der Waals surface area contributed by atoms with E-state index in [1.807, 2.05) is 7.05 Å². The molecule has 3 nitrogen and oxygen atoms in total. The average molecular weight is 413 g/mol. The second-order valence-electron chi connectivity index (χ2n) is 6.74. The van der Waals surface area contributed by atoms with Crippen LogP contribution in [0.5, 0.6) is 0 Å². The van der Waals surface area contributed by atoms with Gasteiger partial charge in [0.2, 0.25) is 0 Å². The number of hydrogen-bond acceptors (Lipinski definition) is 1. The van der Waals surface area contributed by atoms with Crippen LogP contribution in [0, 0.1) is 12.3 Å². The van der Waals surface area contributed by atoms with Gasteiger partial charge in [0, 0.05) is 26.7 Å². The molecule has 0 unspecified atom stereocenters. The van der Waals surface area contributed by atoms with Crippen molar-refractivity contribution in [2.45, 2.75) is 39.0 Å². The summed E-state index contributed by atoms with van der Waals surface area (Å²) < 4.78 is 0. The summed E-state index contributed by atoms with van der Waals surface area (Å²) in [5.74, 6) is 1.09. The van der Waals surface area contributed by atoms with Crippen LogP contribution in [0.15, 0.2) is 29.3 Å². The summed E-state index contributed by atoms with van der Waals surface area (Å²) in [5, 5.41) is 3.54. The molecule has 4 heteroatoms. The molecule has 1 aliphatic heterocycles. The van der Waals surface area contributed by atoms with Crippen molar-refractivity contribution in [2.75, 3.05) is 26.7 Å². The van der Waals surface area contributed by atoms with E-state index in [4.69, 9.17) is 0 Å². The zero-order valence-electron chi connectivity index (χ0n) is 13.8. The van der Waals surface area contributed by atoms with Crippen molar-refractivity contribution in [3.8, 4) is 0 Å². The maximum absolute atomic E-state index is 4.47. The molecule has 122 valence electrons. The number of nitrogens with zero attached hydrogens (tertiary/aromatic N) is 2. The standard InChI is InChI=1S/C18H27N3.HI/c1-15-5-3-6-16(13-15)7-11-20-17(19-2)21-12-10-18(14-21)8-4-9-18;/h3,5-6,13H,4,7-12,14H2,1-2H3,(H,19,20);1H. The minimum Gasteiger partial charge on any atom is -0.356 e. The molecule has 0 bridgehead atoms. The molecule has 1 aromatic carbocycles. The number of nitrogens with one attached hydrogen (secondary N) is 1. The normalized spacial score (nSPS) is 19.7. The van der Waals surface area contributed by atoms with Crippen molar-refractivity contribution in [3.05, 3.63) is 35.4 Å². The maximum atomic E-state index is 4.47. The molecule has 0 radical (unpaired) electrons. The third-order valence-electron chi connectivity index (χ3n) is 5.14. The highest BCUT2D eigenvalue weighted by Gasteiger charge is 2.43. The fourth-order valence-corrected chi connectivity index (χ4v) is 3.72. The first-order chi connectivity index (χ1) is 10.2. The van der Waals surface area contributed by atoms with Gasteiger partial charge in [-0.1, -0.05) is 36.2 Å². The molecule has 1 N–H and O–H groups in total. The molecule has 1 saturated heterocycles. The maximum Gasteiger partial charge on any atom is 0.193 e. The Morgan fingerprint density at radius 3 is 2.73 bits per heavy atom. The number of likely N-dealkylation sites (tertiary alicyclic amines) is 1. The lowest BCUT2D eigenvalue weighted by Crippen LogP contribution is -2.43. The predicted molar refractivity (Wildman–Crippen MR) is 104 cm³/mol. The zero-order chi connectivity index (χ0) is 14.7. The average Bonchev–Trinajstić information content (AvgIpc) is 2.89. The molecule has 1 spiro atoms. The lowest BCUT2D eigenvalue weighted by Gasteiger charge is -2.38. The molecule has 1 saturated carbocycles. The van der Waals surface area contributed by atoms with E-state index in [9.17, 15) is 0 Å². The van der Waals surface area contributed by atoms with Gasteiger partial charge in [-0.2, -0.15) is 0 Å². The van der Waals surface area contributed by atoms with E-state index in [0.29, 0.717) is 5.41 Å². The van der Waals surface area contributed by atoms with Crippen LogP contribution in [0.25, 0.3) is 0 Å². The van der Waals surface area contributed by atoms with E-state index in [1.54, 1.807) is 0 Å². The molecule has 1 heterocycles. The Bertz CT molecular complexity index is 523. The fraction of sp³-hybridized carbons (Fsp3) is 0.611. The summed E-state index contributed by atoms with van der Waals surface area (Å²) in [6.45, 7) is 5.49. The minimum atomic E-state index is 0. The van der Waals surface area contributed by atoms with E-state index >= 15 is 0 Å². The van der Waals surface area contributed by atoms with Crippen LogP contribution in [-0.2, 0) is 6.42 Å². The van der Waals surface area contributed by atoms with Crippen LogP contribution in [0.4, 0.5) is 0 Å². The lowest BCUT2D eigenvalue weighted by atomic mass is 9.68. The Balaban J connectivity index is 0.00000176. The molecule has 0 atom stereocenters. The Labute approximate surface area is 151 Å². The van der Waals surface area contributed by atoms with E-state index in [1.165, 1.54) is 49.9 Å². The number of hydrogen-bond donors (Lipinski definition) is 1. The molecular formula is C18H28IN3. The first-order valence-corrected chi connectivity index (χ1v) is 8.22.